The summed E-state index contributed by atoms with van der Waals surface area (Å²) in [7, 11) is 0. The summed E-state index contributed by atoms with van der Waals surface area (Å²) >= 11 is 0. The van der Waals surface area contributed by atoms with Gasteiger partial charge in [0.2, 0.25) is 0 Å². The lowest BCUT2D eigenvalue weighted by Crippen LogP contribution is -2.15. The standard InChI is InChI=1S/C15H20N4O2/c1-10(6-15(20)21)9-19-14(16-17-18-19)8-13-5-4-11(2)12(3)7-13/h4-5,7,10H,6,8-9H2,1-3H3,(H,20,21). The molecule has 1 atom stereocenters. The molecule has 1 aromatic carbocycles. The van der Waals surface area contributed by atoms with Gasteiger partial charge in [-0.3, -0.25) is 4.79 Å². The second-order valence-corrected chi connectivity index (χ2v) is 5.58. The van der Waals surface area contributed by atoms with Gasteiger partial charge in [0.25, 0.3) is 0 Å². The SMILES string of the molecule is Cc1ccc(Cc2nnnn2CC(C)CC(=O)O)cc1C. The van der Waals surface area contributed by atoms with Crippen molar-refractivity contribution >= 4 is 5.97 Å². The quantitative estimate of drug-likeness (QED) is 0.879. The number of benzene rings is 1. The van der Waals surface area contributed by atoms with Crippen molar-refractivity contribution in [3.8, 4) is 0 Å². The molecule has 1 heterocycles. The molecule has 0 radical (unpaired) electrons. The second-order valence-electron chi connectivity index (χ2n) is 5.58. The predicted octanol–water partition coefficient (Wildman–Crippen LogP) is 1.99. The molecule has 0 bridgehead atoms. The first-order valence-corrected chi connectivity index (χ1v) is 6.98. The van der Waals surface area contributed by atoms with Crippen LogP contribution in [0.1, 0.15) is 35.9 Å². The van der Waals surface area contributed by atoms with Gasteiger partial charge in [-0.15, -0.1) is 5.10 Å². The first-order valence-electron chi connectivity index (χ1n) is 6.98. The summed E-state index contributed by atoms with van der Waals surface area (Å²) in [4.78, 5) is 10.7. The third-order valence-corrected chi connectivity index (χ3v) is 3.55. The number of nitrogens with zero attached hydrogens (tertiary/aromatic N) is 4. The summed E-state index contributed by atoms with van der Waals surface area (Å²) in [6.45, 7) is 6.56. The van der Waals surface area contributed by atoms with E-state index < -0.39 is 5.97 Å². The zero-order valence-corrected chi connectivity index (χ0v) is 12.6. The Morgan fingerprint density at radius 3 is 2.76 bits per heavy atom. The lowest BCUT2D eigenvalue weighted by Gasteiger charge is -2.10. The molecular weight excluding hydrogens is 268 g/mol. The van der Waals surface area contributed by atoms with Gasteiger partial charge in [0.05, 0.1) is 0 Å². The third-order valence-electron chi connectivity index (χ3n) is 3.55. The Hall–Kier alpha value is -2.24. The summed E-state index contributed by atoms with van der Waals surface area (Å²) in [5, 5.41) is 20.5. The van der Waals surface area contributed by atoms with E-state index in [1.165, 1.54) is 11.1 Å². The van der Waals surface area contributed by atoms with Gasteiger partial charge in [0.1, 0.15) is 0 Å². The van der Waals surface area contributed by atoms with Crippen LogP contribution in [0.5, 0.6) is 0 Å². The van der Waals surface area contributed by atoms with Crippen molar-refractivity contribution in [2.45, 2.75) is 40.2 Å². The van der Waals surface area contributed by atoms with E-state index in [2.05, 4.69) is 47.6 Å². The van der Waals surface area contributed by atoms with Crippen LogP contribution < -0.4 is 0 Å². The molecule has 2 rings (SSSR count). The first kappa shape index (κ1) is 15.2. The zero-order valence-electron chi connectivity index (χ0n) is 12.6. The highest BCUT2D eigenvalue weighted by atomic mass is 16.4. The molecule has 1 aromatic heterocycles. The summed E-state index contributed by atoms with van der Waals surface area (Å²) < 4.78 is 1.70. The molecule has 0 aliphatic heterocycles. The van der Waals surface area contributed by atoms with Crippen LogP contribution in [-0.4, -0.2) is 31.3 Å². The molecule has 0 aliphatic rings. The van der Waals surface area contributed by atoms with Crippen LogP contribution in [0.15, 0.2) is 18.2 Å². The maximum absolute atomic E-state index is 10.7. The van der Waals surface area contributed by atoms with E-state index in [-0.39, 0.29) is 12.3 Å². The topological polar surface area (TPSA) is 80.9 Å². The van der Waals surface area contributed by atoms with Gasteiger partial charge in [-0.05, 0) is 46.9 Å². The predicted molar refractivity (Wildman–Crippen MR) is 78.0 cm³/mol. The van der Waals surface area contributed by atoms with Crippen LogP contribution >= 0.6 is 0 Å². The monoisotopic (exact) mass is 288 g/mol. The Kier molecular flexibility index (Phi) is 4.67. The van der Waals surface area contributed by atoms with Crippen molar-refractivity contribution < 1.29 is 9.90 Å². The number of hydrogen-bond acceptors (Lipinski definition) is 4. The van der Waals surface area contributed by atoms with Gasteiger partial charge in [0.15, 0.2) is 5.82 Å². The van der Waals surface area contributed by atoms with Crippen molar-refractivity contribution in [1.29, 1.82) is 0 Å². The maximum Gasteiger partial charge on any atom is 0.303 e. The Bertz CT molecular complexity index is 636. The highest BCUT2D eigenvalue weighted by molar-refractivity contribution is 5.66. The molecule has 6 nitrogen and oxygen atoms in total. The lowest BCUT2D eigenvalue weighted by atomic mass is 10.0. The summed E-state index contributed by atoms with van der Waals surface area (Å²) in [5.41, 5.74) is 3.65. The number of aromatic nitrogens is 4. The van der Waals surface area contributed by atoms with Crippen molar-refractivity contribution in [1.82, 2.24) is 20.2 Å². The Labute approximate surface area is 123 Å². The van der Waals surface area contributed by atoms with E-state index in [1.807, 2.05) is 6.92 Å². The number of carbonyl (C=O) groups is 1. The van der Waals surface area contributed by atoms with E-state index in [9.17, 15) is 4.79 Å². The first-order chi connectivity index (χ1) is 9.95. The number of hydrogen-bond donors (Lipinski definition) is 1. The molecule has 21 heavy (non-hydrogen) atoms. The van der Waals surface area contributed by atoms with E-state index in [4.69, 9.17) is 5.11 Å². The van der Waals surface area contributed by atoms with Crippen molar-refractivity contribution in [2.75, 3.05) is 0 Å². The number of tetrazole rings is 1. The van der Waals surface area contributed by atoms with E-state index >= 15 is 0 Å². The van der Waals surface area contributed by atoms with Crippen molar-refractivity contribution in [3.63, 3.8) is 0 Å². The maximum atomic E-state index is 10.7. The minimum absolute atomic E-state index is 0.00972. The molecule has 1 N–H and O–H groups in total. The molecule has 0 aliphatic carbocycles. The molecule has 0 saturated carbocycles. The minimum atomic E-state index is -0.800. The van der Waals surface area contributed by atoms with Gasteiger partial charge in [-0.1, -0.05) is 25.1 Å². The van der Waals surface area contributed by atoms with Crippen LogP contribution in [0, 0.1) is 19.8 Å². The molecule has 112 valence electrons. The third kappa shape index (κ3) is 4.11. The minimum Gasteiger partial charge on any atom is -0.481 e. The number of aliphatic carboxylic acids is 1. The second kappa shape index (κ2) is 6.47. The van der Waals surface area contributed by atoms with E-state index in [0.29, 0.717) is 13.0 Å². The van der Waals surface area contributed by atoms with E-state index in [1.54, 1.807) is 4.68 Å². The summed E-state index contributed by atoms with van der Waals surface area (Å²) in [6, 6.07) is 6.29. The Balaban J connectivity index is 2.09. The van der Waals surface area contributed by atoms with Crippen LogP contribution in [-0.2, 0) is 17.8 Å². The largest absolute Gasteiger partial charge is 0.481 e. The van der Waals surface area contributed by atoms with Gasteiger partial charge in [-0.25, -0.2) is 4.68 Å². The van der Waals surface area contributed by atoms with Crippen molar-refractivity contribution in [3.05, 3.63) is 40.7 Å². The van der Waals surface area contributed by atoms with Crippen LogP contribution in [0.2, 0.25) is 0 Å². The Morgan fingerprint density at radius 1 is 1.33 bits per heavy atom. The van der Waals surface area contributed by atoms with Crippen LogP contribution in [0.4, 0.5) is 0 Å². The highest BCUT2D eigenvalue weighted by Crippen LogP contribution is 2.14. The normalized spacial score (nSPS) is 12.3. The molecule has 0 fully saturated rings. The average Bonchev–Trinajstić information content (AvgIpc) is 2.80. The number of carboxylic acids is 1. The van der Waals surface area contributed by atoms with Gasteiger partial charge in [-0.2, -0.15) is 0 Å². The molecule has 6 heteroatoms. The summed E-state index contributed by atoms with van der Waals surface area (Å²) in [5.74, 6) is -0.0497. The Morgan fingerprint density at radius 2 is 2.10 bits per heavy atom. The smallest absolute Gasteiger partial charge is 0.303 e. The van der Waals surface area contributed by atoms with Crippen molar-refractivity contribution in [2.24, 2.45) is 5.92 Å². The highest BCUT2D eigenvalue weighted by Gasteiger charge is 2.13. The summed E-state index contributed by atoms with van der Waals surface area (Å²) in [6.07, 6.45) is 0.761. The van der Waals surface area contributed by atoms with Gasteiger partial charge in [0, 0.05) is 19.4 Å². The fraction of sp³-hybridized carbons (Fsp3) is 0.467. The fourth-order valence-corrected chi connectivity index (χ4v) is 2.25. The molecule has 0 saturated heterocycles. The molecule has 0 amide bonds. The number of carboxylic acid groups (broad SMARTS) is 1. The number of rotatable bonds is 6. The molecule has 0 spiro atoms. The fourth-order valence-electron chi connectivity index (χ4n) is 2.25. The van der Waals surface area contributed by atoms with E-state index in [0.717, 1.165) is 11.4 Å². The van der Waals surface area contributed by atoms with Gasteiger partial charge >= 0.3 is 5.97 Å². The molecule has 1 unspecified atom stereocenters. The lowest BCUT2D eigenvalue weighted by molar-refractivity contribution is -0.138. The van der Waals surface area contributed by atoms with Gasteiger partial charge < -0.3 is 5.11 Å². The zero-order chi connectivity index (χ0) is 15.4. The van der Waals surface area contributed by atoms with Crippen LogP contribution in [0.3, 0.4) is 0 Å². The van der Waals surface area contributed by atoms with Crippen LogP contribution in [0.25, 0.3) is 0 Å². The average molecular weight is 288 g/mol. The molecule has 2 aromatic rings. The molecular formula is C15H20N4O2. The number of aryl methyl sites for hydroxylation is 2.